The highest BCUT2D eigenvalue weighted by Gasteiger charge is 2.46. The zero-order valence-electron chi connectivity index (χ0n) is 32.7. The minimum atomic E-state index is -0.397. The van der Waals surface area contributed by atoms with E-state index < -0.39 is 11.8 Å². The van der Waals surface area contributed by atoms with Gasteiger partial charge in [-0.05, 0) is 108 Å². The largest absolute Gasteiger partial charge is 0.295 e. The molecule has 4 amide bonds. The van der Waals surface area contributed by atoms with Crippen LogP contribution in [-0.2, 0) is 39.6 Å². The Balaban J connectivity index is 0.000000208. The first-order chi connectivity index (χ1) is 25.2. The summed E-state index contributed by atoms with van der Waals surface area (Å²) in [7, 11) is 0. The van der Waals surface area contributed by atoms with Gasteiger partial charge in [-0.1, -0.05) is 98.4 Å². The number of hydrogen-bond acceptors (Lipinski definition) is 6. The summed E-state index contributed by atoms with van der Waals surface area (Å²) in [5.74, 6) is -1.36. The Morgan fingerprint density at radius 3 is 1.24 bits per heavy atom. The second-order valence-corrected chi connectivity index (χ2v) is 19.1. The molecule has 10 heteroatoms. The predicted molar refractivity (Wildman–Crippen MR) is 219 cm³/mol. The molecule has 2 fully saturated rings. The summed E-state index contributed by atoms with van der Waals surface area (Å²) in [5.41, 5.74) is 4.85. The Labute approximate surface area is 336 Å². The molecule has 2 aromatic rings. The molecule has 0 aromatic heterocycles. The predicted octanol–water partition coefficient (Wildman–Crippen LogP) is 9.88. The van der Waals surface area contributed by atoms with Crippen molar-refractivity contribution in [3.05, 3.63) is 79.8 Å². The van der Waals surface area contributed by atoms with Crippen LogP contribution in [0.1, 0.15) is 118 Å². The molecule has 8 nitrogen and oxygen atoms in total. The lowest BCUT2D eigenvalue weighted by atomic mass is 9.81. The lowest BCUT2D eigenvalue weighted by molar-refractivity contribution is -0.124. The van der Waals surface area contributed by atoms with Gasteiger partial charge in [0.25, 0.3) is 0 Å². The first-order valence-electron chi connectivity index (χ1n) is 19.0. The minimum Gasteiger partial charge on any atom is -0.295 e. The van der Waals surface area contributed by atoms with Crippen molar-refractivity contribution < 1.29 is 28.8 Å². The molecule has 2 heterocycles. The average molecular weight is 865 g/mol. The van der Waals surface area contributed by atoms with E-state index in [-0.39, 0.29) is 70.7 Å². The van der Waals surface area contributed by atoms with Crippen LogP contribution >= 0.6 is 31.9 Å². The van der Waals surface area contributed by atoms with Crippen LogP contribution in [-0.4, -0.2) is 35.2 Å². The lowest BCUT2D eigenvalue weighted by Crippen LogP contribution is -2.34. The Bertz CT molecular complexity index is 1810. The SMILES string of the molecule is C[C@@H](C1=CC(=O)CCC1)[C@H]1CC(=O)N(c2ccc(Br)cc2C(C)(C)C)C1=O.C[C@@H](C1=CC(=O)CCC1)[C@H]1CC(=O)N(c2ccc(Br)cc2C(C)(C)C)C1=O. The molecular formula is C44H52Br2N2O6. The fraction of sp³-hybridized carbons (Fsp3) is 0.500. The number of amides is 4. The number of anilines is 2. The average Bonchev–Trinajstić information content (AvgIpc) is 3.56. The van der Waals surface area contributed by atoms with E-state index in [1.807, 2.05) is 50.2 Å². The maximum atomic E-state index is 13.2. The maximum absolute atomic E-state index is 13.2. The maximum Gasteiger partial charge on any atom is 0.237 e. The van der Waals surface area contributed by atoms with Gasteiger partial charge in [0.15, 0.2) is 11.6 Å². The topological polar surface area (TPSA) is 109 Å². The summed E-state index contributed by atoms with van der Waals surface area (Å²) in [6.07, 6.45) is 8.25. The first-order valence-corrected chi connectivity index (χ1v) is 20.6. The highest BCUT2D eigenvalue weighted by Crippen LogP contribution is 2.43. The van der Waals surface area contributed by atoms with Crippen LogP contribution in [0.25, 0.3) is 0 Å². The molecule has 54 heavy (non-hydrogen) atoms. The number of carbonyl (C=O) groups excluding carboxylic acids is 6. The Morgan fingerprint density at radius 2 is 0.926 bits per heavy atom. The Kier molecular flexibility index (Phi) is 12.6. The van der Waals surface area contributed by atoms with E-state index in [0.29, 0.717) is 24.2 Å². The number of carbonyl (C=O) groups is 6. The van der Waals surface area contributed by atoms with E-state index in [1.165, 1.54) is 9.80 Å². The molecule has 4 atom stereocenters. The van der Waals surface area contributed by atoms with E-state index in [9.17, 15) is 28.8 Å². The second-order valence-electron chi connectivity index (χ2n) is 17.2. The fourth-order valence-corrected chi connectivity index (χ4v) is 8.80. The molecule has 2 aromatic carbocycles. The van der Waals surface area contributed by atoms with E-state index in [0.717, 1.165) is 56.9 Å². The summed E-state index contributed by atoms with van der Waals surface area (Å²) in [5, 5.41) is 0. The van der Waals surface area contributed by atoms with Crippen molar-refractivity contribution >= 4 is 78.4 Å². The zero-order chi connectivity index (χ0) is 39.9. The first kappa shape index (κ1) is 41.7. The summed E-state index contributed by atoms with van der Waals surface area (Å²) in [6.45, 7) is 16.4. The number of hydrogen-bond donors (Lipinski definition) is 0. The van der Waals surface area contributed by atoms with Gasteiger partial charge < -0.3 is 0 Å². The lowest BCUT2D eigenvalue weighted by Gasteiger charge is -2.28. The summed E-state index contributed by atoms with van der Waals surface area (Å²) < 4.78 is 1.84. The number of halogens is 2. The zero-order valence-corrected chi connectivity index (χ0v) is 35.9. The monoisotopic (exact) mass is 862 g/mol. The van der Waals surface area contributed by atoms with Crippen molar-refractivity contribution in [2.45, 2.75) is 118 Å². The normalized spacial score (nSPS) is 22.3. The van der Waals surface area contributed by atoms with E-state index in [1.54, 1.807) is 12.2 Å². The number of nitrogens with zero attached hydrogens (tertiary/aromatic N) is 2. The quantitative estimate of drug-likeness (QED) is 0.268. The van der Waals surface area contributed by atoms with Crippen LogP contribution in [0.4, 0.5) is 11.4 Å². The third kappa shape index (κ3) is 8.96. The highest BCUT2D eigenvalue weighted by molar-refractivity contribution is 9.10. The Hall–Kier alpha value is -3.50. The van der Waals surface area contributed by atoms with Gasteiger partial charge in [-0.2, -0.15) is 0 Å². The van der Waals surface area contributed by atoms with Crippen molar-refractivity contribution in [1.29, 1.82) is 0 Å². The van der Waals surface area contributed by atoms with Crippen molar-refractivity contribution in [2.24, 2.45) is 23.7 Å². The van der Waals surface area contributed by atoms with Gasteiger partial charge in [0.2, 0.25) is 23.6 Å². The van der Waals surface area contributed by atoms with Crippen LogP contribution in [0.2, 0.25) is 0 Å². The third-order valence-corrected chi connectivity index (χ3v) is 12.2. The standard InChI is InChI=1S/2C22H26BrNO3/c2*1-13(14-6-5-7-16(25)10-14)17-12-20(26)24(21(17)27)19-9-8-15(23)11-18(19)22(2,3)4/h2*8-11,13,17H,5-7,12H2,1-4H3/t2*13-,17+/m00/s1. The second kappa shape index (κ2) is 16.3. The number of benzene rings is 2. The smallest absolute Gasteiger partial charge is 0.237 e. The van der Waals surface area contributed by atoms with Gasteiger partial charge in [0.1, 0.15) is 0 Å². The molecule has 0 bridgehead atoms. The van der Waals surface area contributed by atoms with Gasteiger partial charge in [-0.3, -0.25) is 28.8 Å². The van der Waals surface area contributed by atoms with Crippen LogP contribution in [0, 0.1) is 23.7 Å². The van der Waals surface area contributed by atoms with Gasteiger partial charge in [-0.25, -0.2) is 9.80 Å². The number of allylic oxidation sites excluding steroid dienone is 4. The molecule has 0 saturated carbocycles. The molecule has 0 spiro atoms. The van der Waals surface area contributed by atoms with E-state index in [4.69, 9.17) is 0 Å². The molecule has 6 rings (SSSR count). The molecule has 288 valence electrons. The molecule has 0 unspecified atom stereocenters. The van der Waals surface area contributed by atoms with Crippen LogP contribution in [0.5, 0.6) is 0 Å². The molecule has 2 aliphatic heterocycles. The summed E-state index contributed by atoms with van der Waals surface area (Å²) >= 11 is 6.99. The molecule has 2 saturated heterocycles. The van der Waals surface area contributed by atoms with Crippen LogP contribution in [0.15, 0.2) is 68.6 Å². The number of rotatable bonds is 6. The van der Waals surface area contributed by atoms with Crippen molar-refractivity contribution in [2.75, 3.05) is 9.80 Å². The molecule has 0 N–H and O–H groups in total. The highest BCUT2D eigenvalue weighted by atomic mass is 79.9. The van der Waals surface area contributed by atoms with Gasteiger partial charge in [-0.15, -0.1) is 0 Å². The van der Waals surface area contributed by atoms with Gasteiger partial charge in [0.05, 0.1) is 23.2 Å². The van der Waals surface area contributed by atoms with E-state index in [2.05, 4.69) is 73.4 Å². The fourth-order valence-electron chi connectivity index (χ4n) is 8.08. The van der Waals surface area contributed by atoms with Gasteiger partial charge >= 0.3 is 0 Å². The van der Waals surface area contributed by atoms with Crippen molar-refractivity contribution in [3.63, 3.8) is 0 Å². The molecule has 4 aliphatic rings. The minimum absolute atomic E-state index is 0.0933. The molecule has 0 radical (unpaired) electrons. The van der Waals surface area contributed by atoms with Crippen LogP contribution in [0.3, 0.4) is 0 Å². The van der Waals surface area contributed by atoms with E-state index >= 15 is 0 Å². The van der Waals surface area contributed by atoms with Crippen molar-refractivity contribution in [1.82, 2.24) is 0 Å². The number of imide groups is 2. The van der Waals surface area contributed by atoms with Gasteiger partial charge in [0, 0.05) is 34.6 Å². The molecular weight excluding hydrogens is 812 g/mol. The number of ketones is 2. The molecule has 2 aliphatic carbocycles. The summed E-state index contributed by atoms with van der Waals surface area (Å²) in [4.78, 5) is 78.3. The van der Waals surface area contributed by atoms with Crippen molar-refractivity contribution in [3.8, 4) is 0 Å². The Morgan fingerprint density at radius 1 is 0.574 bits per heavy atom. The third-order valence-electron chi connectivity index (χ3n) is 11.2. The summed E-state index contributed by atoms with van der Waals surface area (Å²) in [6, 6.07) is 11.4. The van der Waals surface area contributed by atoms with Crippen LogP contribution < -0.4 is 9.80 Å².